The summed E-state index contributed by atoms with van der Waals surface area (Å²) in [6, 6.07) is 17.2. The molecule has 1 saturated carbocycles. The SMILES string of the molecule is CNC(=O)O[C@H]1CCC[C@@H]1C(Cn1ccnc1C)(c1cccc(F)c1)C1CCN(CC2CN(c3ccc(C#N)cc3)C2)CC1. The molecule has 3 aromatic rings. The number of carbonyl (C=O) groups excluding carboxylic acids is 1. The normalized spacial score (nSPS) is 22.6. The summed E-state index contributed by atoms with van der Waals surface area (Å²) < 4.78 is 23.2. The topological polar surface area (TPSA) is 86.4 Å². The summed E-state index contributed by atoms with van der Waals surface area (Å²) in [5, 5.41) is 11.7. The lowest BCUT2D eigenvalue weighted by atomic mass is 9.58. The van der Waals surface area contributed by atoms with Crippen LogP contribution in [-0.4, -0.2) is 66.4 Å². The van der Waals surface area contributed by atoms with Crippen molar-refractivity contribution in [1.29, 1.82) is 5.26 Å². The maximum Gasteiger partial charge on any atom is 0.407 e. The number of amides is 1. The summed E-state index contributed by atoms with van der Waals surface area (Å²) in [6.45, 7) is 7.80. The maximum absolute atomic E-state index is 15.0. The molecule has 1 N–H and O–H groups in total. The lowest BCUT2D eigenvalue weighted by molar-refractivity contribution is 0.00168. The van der Waals surface area contributed by atoms with Gasteiger partial charge in [-0.1, -0.05) is 12.1 Å². The van der Waals surface area contributed by atoms with Crippen molar-refractivity contribution in [3.05, 3.63) is 83.7 Å². The quantitative estimate of drug-likeness (QED) is 0.350. The molecule has 1 aromatic heterocycles. The van der Waals surface area contributed by atoms with E-state index in [2.05, 4.69) is 36.8 Å². The number of imidazole rings is 1. The molecule has 3 atom stereocenters. The molecule has 232 valence electrons. The highest BCUT2D eigenvalue weighted by Crippen LogP contribution is 2.52. The van der Waals surface area contributed by atoms with Crippen LogP contribution in [-0.2, 0) is 16.7 Å². The van der Waals surface area contributed by atoms with Gasteiger partial charge < -0.3 is 24.4 Å². The molecule has 3 aliphatic rings. The van der Waals surface area contributed by atoms with Gasteiger partial charge in [0.05, 0.1) is 11.6 Å². The van der Waals surface area contributed by atoms with Crippen molar-refractivity contribution in [3.63, 3.8) is 0 Å². The molecule has 3 fully saturated rings. The standard InChI is InChI=1S/C35H43FN6O2/c1-25-39-15-18-41(25)24-35(29-5-3-6-30(36)19-29,32-7-4-8-33(32)44-34(43)38-2)28-13-16-40(17-14-28)21-27-22-42(23-27)31-11-9-26(20-37)10-12-31/h3,5-6,9-12,15,18-19,27-28,32-33H,4,7-8,13-14,16-17,21-24H2,1-2H3,(H,38,43)/t32-,33-,35?/m0/s1. The molecule has 1 unspecified atom stereocenters. The van der Waals surface area contributed by atoms with E-state index in [1.807, 2.05) is 49.6 Å². The first-order valence-corrected chi connectivity index (χ1v) is 16.0. The number of hydrogen-bond donors (Lipinski definition) is 1. The largest absolute Gasteiger partial charge is 0.446 e. The monoisotopic (exact) mass is 598 g/mol. The molecule has 8 nitrogen and oxygen atoms in total. The number of ether oxygens (including phenoxy) is 1. The number of rotatable bonds is 9. The van der Waals surface area contributed by atoms with E-state index in [0.717, 1.165) is 76.2 Å². The zero-order valence-electron chi connectivity index (χ0n) is 25.8. The molecule has 44 heavy (non-hydrogen) atoms. The minimum absolute atomic E-state index is 0.0626. The Morgan fingerprint density at radius 3 is 2.57 bits per heavy atom. The molecule has 1 amide bonds. The third-order valence-corrected chi connectivity index (χ3v) is 10.4. The number of piperidine rings is 1. The number of anilines is 1. The van der Waals surface area contributed by atoms with E-state index in [0.29, 0.717) is 18.0 Å². The Labute approximate surface area is 259 Å². The summed E-state index contributed by atoms with van der Waals surface area (Å²) in [4.78, 5) is 22.0. The highest BCUT2D eigenvalue weighted by atomic mass is 19.1. The fourth-order valence-electron chi connectivity index (χ4n) is 8.21. The molecule has 2 aliphatic heterocycles. The Balaban J connectivity index is 1.22. The summed E-state index contributed by atoms with van der Waals surface area (Å²) >= 11 is 0. The summed E-state index contributed by atoms with van der Waals surface area (Å²) in [6.07, 6.45) is 7.94. The lowest BCUT2D eigenvalue weighted by Crippen LogP contribution is -2.55. The molecule has 1 aliphatic carbocycles. The van der Waals surface area contributed by atoms with Crippen molar-refractivity contribution in [3.8, 4) is 6.07 Å². The van der Waals surface area contributed by atoms with Gasteiger partial charge in [-0.05, 0) is 100.0 Å². The fourth-order valence-corrected chi connectivity index (χ4v) is 8.21. The number of likely N-dealkylation sites (tertiary alicyclic amines) is 1. The number of benzene rings is 2. The number of aromatic nitrogens is 2. The third-order valence-electron chi connectivity index (χ3n) is 10.4. The van der Waals surface area contributed by atoms with Gasteiger partial charge in [0, 0.05) is 68.6 Å². The second-order valence-electron chi connectivity index (χ2n) is 12.9. The number of nitrogens with one attached hydrogen (secondary N) is 1. The van der Waals surface area contributed by atoms with Gasteiger partial charge in [0.2, 0.25) is 0 Å². The second-order valence-corrected chi connectivity index (χ2v) is 12.9. The van der Waals surface area contributed by atoms with E-state index in [9.17, 15) is 9.18 Å². The van der Waals surface area contributed by atoms with Crippen LogP contribution in [0.2, 0.25) is 0 Å². The van der Waals surface area contributed by atoms with E-state index in [4.69, 9.17) is 10.00 Å². The van der Waals surface area contributed by atoms with E-state index in [1.54, 1.807) is 13.1 Å². The minimum atomic E-state index is -0.419. The van der Waals surface area contributed by atoms with Gasteiger partial charge in [-0.3, -0.25) is 0 Å². The van der Waals surface area contributed by atoms with E-state index >= 15 is 0 Å². The van der Waals surface area contributed by atoms with E-state index in [1.165, 1.54) is 11.8 Å². The van der Waals surface area contributed by atoms with Gasteiger partial charge in [0.25, 0.3) is 0 Å². The minimum Gasteiger partial charge on any atom is -0.446 e. The van der Waals surface area contributed by atoms with E-state index < -0.39 is 11.5 Å². The number of nitrogens with zero attached hydrogens (tertiary/aromatic N) is 5. The van der Waals surface area contributed by atoms with Crippen LogP contribution >= 0.6 is 0 Å². The van der Waals surface area contributed by atoms with Crippen LogP contribution in [0.25, 0.3) is 0 Å². The average Bonchev–Trinajstić information content (AvgIpc) is 3.66. The molecular formula is C35H43FN6O2. The van der Waals surface area contributed by atoms with Gasteiger partial charge >= 0.3 is 6.09 Å². The number of carbonyl (C=O) groups is 1. The van der Waals surface area contributed by atoms with E-state index in [-0.39, 0.29) is 23.8 Å². The number of aryl methyl sites for hydroxylation is 1. The summed E-state index contributed by atoms with van der Waals surface area (Å²) in [5.74, 6) is 1.67. The van der Waals surface area contributed by atoms with Crippen molar-refractivity contribution < 1.29 is 13.9 Å². The summed E-state index contributed by atoms with van der Waals surface area (Å²) in [7, 11) is 1.60. The highest BCUT2D eigenvalue weighted by molar-refractivity contribution is 5.67. The number of alkyl carbamates (subject to hydrolysis) is 1. The van der Waals surface area contributed by atoms with Crippen LogP contribution in [0.4, 0.5) is 14.9 Å². The zero-order chi connectivity index (χ0) is 30.7. The van der Waals surface area contributed by atoms with Crippen molar-refractivity contribution in [2.24, 2.45) is 17.8 Å². The predicted molar refractivity (Wildman–Crippen MR) is 168 cm³/mol. The van der Waals surface area contributed by atoms with Crippen molar-refractivity contribution >= 4 is 11.8 Å². The van der Waals surface area contributed by atoms with Crippen LogP contribution in [0.15, 0.2) is 60.9 Å². The highest BCUT2D eigenvalue weighted by Gasteiger charge is 2.53. The first kappa shape index (κ1) is 30.1. The Morgan fingerprint density at radius 1 is 1.14 bits per heavy atom. The average molecular weight is 599 g/mol. The van der Waals surface area contributed by atoms with Crippen LogP contribution in [0, 0.1) is 41.8 Å². The molecule has 9 heteroatoms. The number of halogens is 1. The lowest BCUT2D eigenvalue weighted by Gasteiger charge is -2.51. The van der Waals surface area contributed by atoms with Gasteiger partial charge in [-0.25, -0.2) is 14.2 Å². The zero-order valence-corrected chi connectivity index (χ0v) is 25.8. The Hall–Kier alpha value is -3.90. The molecule has 6 rings (SSSR count). The van der Waals surface area contributed by atoms with Crippen LogP contribution in [0.5, 0.6) is 0 Å². The molecular weight excluding hydrogens is 555 g/mol. The smallest absolute Gasteiger partial charge is 0.407 e. The second kappa shape index (κ2) is 13.0. The van der Waals surface area contributed by atoms with Crippen LogP contribution < -0.4 is 10.2 Å². The molecule has 0 radical (unpaired) electrons. The Kier molecular flexibility index (Phi) is 8.90. The number of hydrogen-bond acceptors (Lipinski definition) is 6. The van der Waals surface area contributed by atoms with Gasteiger partial charge in [0.15, 0.2) is 0 Å². The van der Waals surface area contributed by atoms with Gasteiger partial charge in [0.1, 0.15) is 17.7 Å². The van der Waals surface area contributed by atoms with Gasteiger partial charge in [-0.15, -0.1) is 0 Å². The van der Waals surface area contributed by atoms with Crippen LogP contribution in [0.1, 0.15) is 49.1 Å². The van der Waals surface area contributed by atoms with Gasteiger partial charge in [-0.2, -0.15) is 5.26 Å². The molecule has 0 bridgehead atoms. The molecule has 2 saturated heterocycles. The van der Waals surface area contributed by atoms with Crippen molar-refractivity contribution in [1.82, 2.24) is 19.8 Å². The van der Waals surface area contributed by atoms with Crippen LogP contribution in [0.3, 0.4) is 0 Å². The Bertz CT molecular complexity index is 1470. The first-order chi connectivity index (χ1) is 21.4. The Morgan fingerprint density at radius 2 is 1.91 bits per heavy atom. The third kappa shape index (κ3) is 6.05. The summed E-state index contributed by atoms with van der Waals surface area (Å²) in [5.41, 5.74) is 2.45. The first-order valence-electron chi connectivity index (χ1n) is 16.0. The molecule has 2 aromatic carbocycles. The maximum atomic E-state index is 15.0. The number of nitriles is 1. The van der Waals surface area contributed by atoms with Crippen molar-refractivity contribution in [2.75, 3.05) is 44.7 Å². The predicted octanol–water partition coefficient (Wildman–Crippen LogP) is 5.51. The van der Waals surface area contributed by atoms with Crippen molar-refractivity contribution in [2.45, 2.75) is 57.1 Å². The molecule has 0 spiro atoms. The fraction of sp³-hybridized carbons (Fsp3) is 0.514. The molecule has 3 heterocycles.